The van der Waals surface area contributed by atoms with Crippen molar-refractivity contribution in [1.82, 2.24) is 0 Å². The van der Waals surface area contributed by atoms with Crippen molar-refractivity contribution in [2.24, 2.45) is 0 Å². The zero-order chi connectivity index (χ0) is 11.9. The predicted molar refractivity (Wildman–Crippen MR) is 77.1 cm³/mol. The van der Waals surface area contributed by atoms with Crippen molar-refractivity contribution >= 4 is 23.6 Å². The highest BCUT2D eigenvalue weighted by molar-refractivity contribution is 7.27. The minimum Gasteiger partial charge on any atom is -0.161 e. The lowest BCUT2D eigenvalue weighted by molar-refractivity contribution is 0.842. The van der Waals surface area contributed by atoms with Crippen LogP contribution in [0.5, 0.6) is 0 Å². The van der Waals surface area contributed by atoms with E-state index in [1.165, 1.54) is 43.0 Å². The Morgan fingerprint density at radius 1 is 0.938 bits per heavy atom. The summed E-state index contributed by atoms with van der Waals surface area (Å²) in [5, 5.41) is 1.43. The number of unbranched alkanes of at least 4 members (excludes halogenated alkanes) is 2. The second-order valence-electron chi connectivity index (χ2n) is 4.54. The van der Waals surface area contributed by atoms with Crippen molar-refractivity contribution in [3.8, 4) is 0 Å². The minimum atomic E-state index is -1.70. The van der Waals surface area contributed by atoms with Crippen LogP contribution < -0.4 is 5.19 Å². The first-order chi connectivity index (χ1) is 7.73. The molecule has 0 radical (unpaired) electrons. The molecule has 2 heteroatoms. The molecule has 0 fully saturated rings. The highest BCUT2D eigenvalue weighted by Crippen LogP contribution is 2.25. The summed E-state index contributed by atoms with van der Waals surface area (Å²) in [6, 6.07) is 13.2. The van der Waals surface area contributed by atoms with Gasteiger partial charge >= 0.3 is 0 Å². The first-order valence-corrected chi connectivity index (χ1v) is 9.90. The van der Waals surface area contributed by atoms with Gasteiger partial charge in [0.05, 0.1) is 0 Å². The van der Waals surface area contributed by atoms with Gasteiger partial charge < -0.3 is 0 Å². The fourth-order valence-electron chi connectivity index (χ4n) is 2.06. The average Bonchev–Trinajstić information content (AvgIpc) is 2.35. The molecule has 0 saturated carbocycles. The molecule has 0 bridgehead atoms. The molecule has 0 aliphatic rings. The Labute approximate surface area is 106 Å². The fraction of sp³-hybridized carbons (Fsp3) is 0.571. The Bertz CT molecular complexity index is 276. The molecule has 90 valence electrons. The first-order valence-electron chi connectivity index (χ1n) is 6.47. The monoisotopic (exact) mass is 254 g/mol. The molecule has 1 aromatic carbocycles. The maximum Gasteiger partial charge on any atom is 0.186 e. The minimum absolute atomic E-state index is 1.23. The van der Waals surface area contributed by atoms with Crippen LogP contribution in [0.25, 0.3) is 0 Å². The van der Waals surface area contributed by atoms with Crippen molar-refractivity contribution in [2.75, 3.05) is 0 Å². The Balaban J connectivity index is 2.77. The van der Waals surface area contributed by atoms with Gasteiger partial charge in [-0.25, -0.2) is 0 Å². The molecular formula is C14H23ClSi. The Morgan fingerprint density at radius 2 is 1.44 bits per heavy atom. The molecule has 0 spiro atoms. The summed E-state index contributed by atoms with van der Waals surface area (Å²) in [6.07, 6.45) is 5.05. The van der Waals surface area contributed by atoms with Crippen molar-refractivity contribution in [2.45, 2.75) is 51.6 Å². The highest BCUT2D eigenvalue weighted by Gasteiger charge is 2.31. The van der Waals surface area contributed by atoms with Gasteiger partial charge in [0.15, 0.2) is 7.38 Å². The second kappa shape index (κ2) is 7.13. The molecule has 0 nitrogen and oxygen atoms in total. The largest absolute Gasteiger partial charge is 0.186 e. The van der Waals surface area contributed by atoms with Gasteiger partial charge in [-0.1, -0.05) is 69.9 Å². The number of hydrogen-bond acceptors (Lipinski definition) is 0. The summed E-state index contributed by atoms with van der Waals surface area (Å²) < 4.78 is 0. The topological polar surface area (TPSA) is 0 Å². The summed E-state index contributed by atoms with van der Waals surface area (Å²) in [6.45, 7) is 4.49. The standard InChI is InChI=1S/C14H23ClSi/c1-3-5-12-16(15,13-6-4-2)14-10-8-7-9-11-14/h7-11H,3-6,12-13H2,1-2H3. The van der Waals surface area contributed by atoms with Gasteiger partial charge in [-0.15, -0.1) is 0 Å². The summed E-state index contributed by atoms with van der Waals surface area (Å²) in [7, 11) is -1.70. The van der Waals surface area contributed by atoms with E-state index in [2.05, 4.69) is 44.2 Å². The lowest BCUT2D eigenvalue weighted by Gasteiger charge is -2.24. The number of rotatable bonds is 7. The Hall–Kier alpha value is -0.273. The molecule has 0 amide bonds. The third-order valence-corrected chi connectivity index (χ3v) is 8.59. The van der Waals surface area contributed by atoms with E-state index in [1.807, 2.05) is 0 Å². The van der Waals surface area contributed by atoms with Crippen LogP contribution in [0.3, 0.4) is 0 Å². The summed E-state index contributed by atoms with van der Waals surface area (Å²) >= 11 is 6.96. The third kappa shape index (κ3) is 3.95. The first kappa shape index (κ1) is 13.8. The van der Waals surface area contributed by atoms with Crippen LogP contribution in [0.15, 0.2) is 30.3 Å². The molecule has 0 saturated heterocycles. The zero-order valence-electron chi connectivity index (χ0n) is 10.5. The normalized spacial score (nSPS) is 11.7. The molecule has 0 unspecified atom stereocenters. The summed E-state index contributed by atoms with van der Waals surface area (Å²) in [4.78, 5) is 0. The van der Waals surface area contributed by atoms with Crippen molar-refractivity contribution in [3.05, 3.63) is 30.3 Å². The van der Waals surface area contributed by atoms with Crippen LogP contribution in [0.1, 0.15) is 39.5 Å². The molecule has 0 N–H and O–H groups in total. The van der Waals surface area contributed by atoms with Crippen molar-refractivity contribution < 1.29 is 0 Å². The summed E-state index contributed by atoms with van der Waals surface area (Å²) in [5.74, 6) is 0. The van der Waals surface area contributed by atoms with Crippen LogP contribution in [-0.2, 0) is 0 Å². The number of halogens is 1. The quantitative estimate of drug-likeness (QED) is 0.490. The maximum atomic E-state index is 6.96. The van der Waals surface area contributed by atoms with Crippen molar-refractivity contribution in [3.63, 3.8) is 0 Å². The zero-order valence-corrected chi connectivity index (χ0v) is 12.3. The van der Waals surface area contributed by atoms with E-state index in [0.717, 1.165) is 0 Å². The molecule has 0 aliphatic carbocycles. The molecule has 0 atom stereocenters. The van der Waals surface area contributed by atoms with Gasteiger partial charge in [0.1, 0.15) is 0 Å². The molecule has 0 heterocycles. The van der Waals surface area contributed by atoms with Crippen LogP contribution in [0.2, 0.25) is 12.1 Å². The van der Waals surface area contributed by atoms with Gasteiger partial charge in [0.2, 0.25) is 0 Å². The molecule has 0 aromatic heterocycles. The van der Waals surface area contributed by atoms with Crippen LogP contribution in [0, 0.1) is 0 Å². The van der Waals surface area contributed by atoms with Gasteiger partial charge in [-0.3, -0.25) is 0 Å². The Kier molecular flexibility index (Phi) is 6.15. The van der Waals surface area contributed by atoms with Crippen molar-refractivity contribution in [1.29, 1.82) is 0 Å². The molecule has 1 aromatic rings. The van der Waals surface area contributed by atoms with Crippen LogP contribution in [0.4, 0.5) is 0 Å². The SMILES string of the molecule is CCCC[Si](Cl)(CCCC)c1ccccc1. The smallest absolute Gasteiger partial charge is 0.161 e. The van der Waals surface area contributed by atoms with E-state index < -0.39 is 7.38 Å². The fourth-order valence-corrected chi connectivity index (χ4v) is 6.69. The maximum absolute atomic E-state index is 6.96. The molecule has 1 rings (SSSR count). The van der Waals surface area contributed by atoms with Crippen LogP contribution in [-0.4, -0.2) is 7.38 Å². The number of hydrogen-bond donors (Lipinski definition) is 0. The lowest BCUT2D eigenvalue weighted by atomic mass is 10.4. The van der Waals surface area contributed by atoms with Gasteiger partial charge in [0, 0.05) is 0 Å². The molecule has 0 aliphatic heterocycles. The average molecular weight is 255 g/mol. The van der Waals surface area contributed by atoms with E-state index in [9.17, 15) is 0 Å². The highest BCUT2D eigenvalue weighted by atomic mass is 35.6. The van der Waals surface area contributed by atoms with E-state index in [4.69, 9.17) is 11.1 Å². The Morgan fingerprint density at radius 3 is 1.88 bits per heavy atom. The molecule has 16 heavy (non-hydrogen) atoms. The van der Waals surface area contributed by atoms with E-state index in [1.54, 1.807) is 0 Å². The summed E-state index contributed by atoms with van der Waals surface area (Å²) in [5.41, 5.74) is 0. The van der Waals surface area contributed by atoms with E-state index in [0.29, 0.717) is 0 Å². The van der Waals surface area contributed by atoms with Gasteiger partial charge in [-0.2, -0.15) is 11.1 Å². The number of benzene rings is 1. The molecular weight excluding hydrogens is 232 g/mol. The predicted octanol–water partition coefficient (Wildman–Crippen LogP) is 4.68. The van der Waals surface area contributed by atoms with Crippen LogP contribution >= 0.6 is 11.1 Å². The van der Waals surface area contributed by atoms with Gasteiger partial charge in [0.25, 0.3) is 0 Å². The lowest BCUT2D eigenvalue weighted by Crippen LogP contribution is -2.41. The third-order valence-electron chi connectivity index (χ3n) is 3.14. The van der Waals surface area contributed by atoms with E-state index in [-0.39, 0.29) is 0 Å². The second-order valence-corrected chi connectivity index (χ2v) is 10.2. The van der Waals surface area contributed by atoms with E-state index >= 15 is 0 Å². The van der Waals surface area contributed by atoms with Gasteiger partial charge in [-0.05, 0) is 17.3 Å².